The summed E-state index contributed by atoms with van der Waals surface area (Å²) < 4.78 is 5.62. The molecule has 22 heavy (non-hydrogen) atoms. The molecule has 2 heterocycles. The lowest BCUT2D eigenvalue weighted by Crippen LogP contribution is -2.40. The first-order valence-corrected chi connectivity index (χ1v) is 8.02. The Balaban J connectivity index is 1.85. The Hall–Kier alpha value is -1.78. The Morgan fingerprint density at radius 3 is 2.50 bits per heavy atom. The minimum Gasteiger partial charge on any atom is -0.465 e. The number of nitrogens with one attached hydrogen (secondary N) is 1. The molecule has 122 valence electrons. The average Bonchev–Trinajstić information content (AvgIpc) is 2.87. The number of nitrogens with zero attached hydrogens (tertiary/aromatic N) is 1. The lowest BCUT2D eigenvalue weighted by atomic mass is 9.96. The maximum absolute atomic E-state index is 12.3. The number of rotatable bonds is 4. The van der Waals surface area contributed by atoms with Gasteiger partial charge in [-0.2, -0.15) is 0 Å². The number of carbonyl (C=O) groups is 2. The molecule has 1 aromatic heterocycles. The highest BCUT2D eigenvalue weighted by atomic mass is 16.3. The number of hydrogen-bond donors (Lipinski definition) is 1. The Bertz CT molecular complexity index is 540. The van der Waals surface area contributed by atoms with Gasteiger partial charge in [0, 0.05) is 32.5 Å². The SMILES string of the molecule is CC(=O)N1CCC(CNC(=O)c2cc(C(C)C)oc2C)CC1. The number of furan rings is 1. The van der Waals surface area contributed by atoms with Crippen molar-refractivity contribution >= 4 is 11.8 Å². The summed E-state index contributed by atoms with van der Waals surface area (Å²) in [5.41, 5.74) is 0.630. The van der Waals surface area contributed by atoms with E-state index in [0.29, 0.717) is 23.8 Å². The van der Waals surface area contributed by atoms with E-state index in [2.05, 4.69) is 5.32 Å². The van der Waals surface area contributed by atoms with E-state index in [9.17, 15) is 9.59 Å². The lowest BCUT2D eigenvalue weighted by molar-refractivity contribution is -0.130. The van der Waals surface area contributed by atoms with Crippen LogP contribution >= 0.6 is 0 Å². The second-order valence-corrected chi connectivity index (χ2v) is 6.43. The molecule has 0 aliphatic carbocycles. The van der Waals surface area contributed by atoms with Crippen molar-refractivity contribution in [1.82, 2.24) is 10.2 Å². The van der Waals surface area contributed by atoms with E-state index in [1.165, 1.54) is 0 Å². The van der Waals surface area contributed by atoms with Crippen molar-refractivity contribution in [2.24, 2.45) is 5.92 Å². The molecule has 5 heteroatoms. The van der Waals surface area contributed by atoms with Gasteiger partial charge in [-0.15, -0.1) is 0 Å². The minimum atomic E-state index is -0.0675. The standard InChI is InChI=1S/C17H26N2O3/c1-11(2)16-9-15(12(3)22-16)17(21)18-10-14-5-7-19(8-6-14)13(4)20/h9,11,14H,5-8,10H2,1-4H3,(H,18,21). The number of hydrogen-bond acceptors (Lipinski definition) is 3. The Morgan fingerprint density at radius 2 is 2.00 bits per heavy atom. The fourth-order valence-corrected chi connectivity index (χ4v) is 2.80. The average molecular weight is 306 g/mol. The van der Waals surface area contributed by atoms with Crippen LogP contribution in [0.1, 0.15) is 61.4 Å². The highest BCUT2D eigenvalue weighted by molar-refractivity contribution is 5.95. The molecule has 1 aliphatic heterocycles. The largest absolute Gasteiger partial charge is 0.465 e. The topological polar surface area (TPSA) is 62.6 Å². The van der Waals surface area contributed by atoms with E-state index >= 15 is 0 Å². The summed E-state index contributed by atoms with van der Waals surface area (Å²) in [6.45, 7) is 9.76. The molecule has 1 aliphatic rings. The van der Waals surface area contributed by atoms with Crippen molar-refractivity contribution in [1.29, 1.82) is 0 Å². The summed E-state index contributed by atoms with van der Waals surface area (Å²) in [7, 11) is 0. The number of likely N-dealkylation sites (tertiary alicyclic amines) is 1. The zero-order chi connectivity index (χ0) is 16.3. The molecule has 1 N–H and O–H groups in total. The fraction of sp³-hybridized carbons (Fsp3) is 0.647. The first kappa shape index (κ1) is 16.6. The monoisotopic (exact) mass is 306 g/mol. The smallest absolute Gasteiger partial charge is 0.254 e. The fourth-order valence-electron chi connectivity index (χ4n) is 2.80. The normalized spacial score (nSPS) is 16.1. The van der Waals surface area contributed by atoms with Gasteiger partial charge in [0.2, 0.25) is 5.91 Å². The molecule has 0 saturated carbocycles. The zero-order valence-electron chi connectivity index (χ0n) is 13.9. The van der Waals surface area contributed by atoms with Crippen LogP contribution in [0.25, 0.3) is 0 Å². The van der Waals surface area contributed by atoms with Crippen LogP contribution in [-0.4, -0.2) is 36.3 Å². The molecule has 0 radical (unpaired) electrons. The van der Waals surface area contributed by atoms with Crippen LogP contribution in [0, 0.1) is 12.8 Å². The van der Waals surface area contributed by atoms with Gasteiger partial charge < -0.3 is 14.6 Å². The van der Waals surface area contributed by atoms with Crippen LogP contribution in [-0.2, 0) is 4.79 Å². The molecule has 0 unspecified atom stereocenters. The molecule has 0 bridgehead atoms. The quantitative estimate of drug-likeness (QED) is 0.930. The lowest BCUT2D eigenvalue weighted by Gasteiger charge is -2.31. The second-order valence-electron chi connectivity index (χ2n) is 6.43. The van der Waals surface area contributed by atoms with Gasteiger partial charge >= 0.3 is 0 Å². The molecule has 1 saturated heterocycles. The highest BCUT2D eigenvalue weighted by Crippen LogP contribution is 2.22. The summed E-state index contributed by atoms with van der Waals surface area (Å²) in [4.78, 5) is 25.4. The number of piperidine rings is 1. The predicted octanol–water partition coefficient (Wildman–Crippen LogP) is 2.70. The molecule has 2 rings (SSSR count). The van der Waals surface area contributed by atoms with Gasteiger partial charge in [-0.3, -0.25) is 9.59 Å². The van der Waals surface area contributed by atoms with Crippen molar-refractivity contribution in [3.63, 3.8) is 0 Å². The molecule has 0 atom stereocenters. The van der Waals surface area contributed by atoms with Crippen LogP contribution in [0.5, 0.6) is 0 Å². The Morgan fingerprint density at radius 1 is 1.36 bits per heavy atom. The summed E-state index contributed by atoms with van der Waals surface area (Å²) in [5, 5.41) is 3.00. The summed E-state index contributed by atoms with van der Waals surface area (Å²) in [6.07, 6.45) is 1.89. The molecular formula is C17H26N2O3. The number of carbonyl (C=O) groups excluding carboxylic acids is 2. The Kier molecular flexibility index (Phi) is 5.27. The minimum absolute atomic E-state index is 0.0675. The van der Waals surface area contributed by atoms with Gasteiger partial charge in [0.05, 0.1) is 5.56 Å². The van der Waals surface area contributed by atoms with Crippen molar-refractivity contribution < 1.29 is 14.0 Å². The van der Waals surface area contributed by atoms with Gasteiger partial charge in [0.1, 0.15) is 11.5 Å². The van der Waals surface area contributed by atoms with Crippen LogP contribution in [0.15, 0.2) is 10.5 Å². The molecule has 0 spiro atoms. The summed E-state index contributed by atoms with van der Waals surface area (Å²) >= 11 is 0. The molecule has 2 amide bonds. The maximum Gasteiger partial charge on any atom is 0.254 e. The van der Waals surface area contributed by atoms with Gasteiger partial charge in [-0.25, -0.2) is 0 Å². The van der Waals surface area contributed by atoms with Crippen molar-refractivity contribution in [2.75, 3.05) is 19.6 Å². The highest BCUT2D eigenvalue weighted by Gasteiger charge is 2.22. The maximum atomic E-state index is 12.3. The first-order valence-electron chi connectivity index (χ1n) is 8.02. The summed E-state index contributed by atoms with van der Waals surface area (Å²) in [5.74, 6) is 2.30. The molecule has 0 aromatic carbocycles. The third-order valence-corrected chi connectivity index (χ3v) is 4.36. The summed E-state index contributed by atoms with van der Waals surface area (Å²) in [6, 6.07) is 1.84. The predicted molar refractivity (Wildman–Crippen MR) is 84.8 cm³/mol. The second kappa shape index (κ2) is 6.99. The first-order chi connectivity index (χ1) is 10.4. The van der Waals surface area contributed by atoms with Gasteiger partial charge in [-0.1, -0.05) is 13.8 Å². The van der Waals surface area contributed by atoms with E-state index in [1.807, 2.05) is 31.7 Å². The van der Waals surface area contributed by atoms with Gasteiger partial charge in [0.25, 0.3) is 5.91 Å². The third kappa shape index (κ3) is 3.90. The Labute approximate surface area is 132 Å². The van der Waals surface area contributed by atoms with Crippen molar-refractivity contribution in [3.8, 4) is 0 Å². The zero-order valence-corrected chi connectivity index (χ0v) is 13.9. The van der Waals surface area contributed by atoms with E-state index in [-0.39, 0.29) is 17.7 Å². The van der Waals surface area contributed by atoms with Crippen LogP contribution in [0.4, 0.5) is 0 Å². The van der Waals surface area contributed by atoms with Crippen molar-refractivity contribution in [2.45, 2.75) is 46.5 Å². The number of aryl methyl sites for hydroxylation is 1. The van der Waals surface area contributed by atoms with Crippen molar-refractivity contribution in [3.05, 3.63) is 23.2 Å². The van der Waals surface area contributed by atoms with E-state index < -0.39 is 0 Å². The molecule has 1 aromatic rings. The van der Waals surface area contributed by atoms with Gasteiger partial charge in [-0.05, 0) is 31.7 Å². The third-order valence-electron chi connectivity index (χ3n) is 4.36. The van der Waals surface area contributed by atoms with Crippen LogP contribution in [0.3, 0.4) is 0 Å². The van der Waals surface area contributed by atoms with Crippen LogP contribution in [0.2, 0.25) is 0 Å². The van der Waals surface area contributed by atoms with E-state index in [1.54, 1.807) is 6.92 Å². The van der Waals surface area contributed by atoms with Crippen LogP contribution < -0.4 is 5.32 Å². The molecule has 1 fully saturated rings. The molecular weight excluding hydrogens is 280 g/mol. The van der Waals surface area contributed by atoms with Gasteiger partial charge in [0.15, 0.2) is 0 Å². The number of amides is 2. The van der Waals surface area contributed by atoms with E-state index in [4.69, 9.17) is 4.42 Å². The molecule has 5 nitrogen and oxygen atoms in total. The van der Waals surface area contributed by atoms with E-state index in [0.717, 1.165) is 31.7 Å².